The lowest BCUT2D eigenvalue weighted by Crippen LogP contribution is -2.40. The van der Waals surface area contributed by atoms with Gasteiger partial charge in [0.1, 0.15) is 6.04 Å². The van der Waals surface area contributed by atoms with Gasteiger partial charge in [-0.3, -0.25) is 14.4 Å². The topological polar surface area (TPSA) is 58.6 Å². The molecule has 21 heavy (non-hydrogen) atoms. The SMILES string of the molecule is CON(C)C(=O)C(NC(=O)c1cccs1)c1ccccc1. The van der Waals surface area contributed by atoms with E-state index in [1.165, 1.54) is 25.5 Å². The van der Waals surface area contributed by atoms with E-state index in [9.17, 15) is 9.59 Å². The Morgan fingerprint density at radius 1 is 1.19 bits per heavy atom. The molecule has 5 nitrogen and oxygen atoms in total. The summed E-state index contributed by atoms with van der Waals surface area (Å²) in [6.45, 7) is 0. The highest BCUT2D eigenvalue weighted by molar-refractivity contribution is 7.12. The third kappa shape index (κ3) is 3.68. The van der Waals surface area contributed by atoms with E-state index >= 15 is 0 Å². The summed E-state index contributed by atoms with van der Waals surface area (Å²) in [5.74, 6) is -0.620. The molecule has 0 aliphatic carbocycles. The molecule has 0 spiro atoms. The summed E-state index contributed by atoms with van der Waals surface area (Å²) in [6, 6.07) is 11.8. The number of hydrogen-bond donors (Lipinski definition) is 1. The number of benzene rings is 1. The first kappa shape index (κ1) is 15.2. The first-order valence-corrected chi connectivity index (χ1v) is 7.22. The molecule has 0 saturated carbocycles. The van der Waals surface area contributed by atoms with Gasteiger partial charge in [0.2, 0.25) is 0 Å². The molecule has 2 rings (SSSR count). The summed E-state index contributed by atoms with van der Waals surface area (Å²) in [6.07, 6.45) is 0. The van der Waals surface area contributed by atoms with Crippen LogP contribution in [0.1, 0.15) is 21.3 Å². The molecule has 2 amide bonds. The number of thiophene rings is 1. The van der Waals surface area contributed by atoms with Crippen molar-refractivity contribution in [3.05, 3.63) is 58.3 Å². The second-order valence-electron chi connectivity index (χ2n) is 4.31. The van der Waals surface area contributed by atoms with E-state index in [2.05, 4.69) is 5.32 Å². The minimum absolute atomic E-state index is 0.281. The van der Waals surface area contributed by atoms with E-state index in [1.807, 2.05) is 23.6 Å². The van der Waals surface area contributed by atoms with Crippen molar-refractivity contribution in [3.63, 3.8) is 0 Å². The molecule has 0 aliphatic rings. The zero-order valence-electron chi connectivity index (χ0n) is 11.8. The number of hydroxylamine groups is 2. The fraction of sp³-hybridized carbons (Fsp3) is 0.200. The summed E-state index contributed by atoms with van der Waals surface area (Å²) in [5.41, 5.74) is 0.705. The Morgan fingerprint density at radius 2 is 1.90 bits per heavy atom. The van der Waals surface area contributed by atoms with Gasteiger partial charge in [0, 0.05) is 7.05 Å². The average Bonchev–Trinajstić information content (AvgIpc) is 3.06. The molecule has 0 aliphatic heterocycles. The minimum Gasteiger partial charge on any atom is -0.336 e. The van der Waals surface area contributed by atoms with Crippen LogP contribution in [0.2, 0.25) is 0 Å². The van der Waals surface area contributed by atoms with Gasteiger partial charge in [0.05, 0.1) is 12.0 Å². The highest BCUT2D eigenvalue weighted by Crippen LogP contribution is 2.17. The molecule has 1 atom stereocenters. The number of likely N-dealkylation sites (N-methyl/N-ethyl adjacent to an activating group) is 1. The quantitative estimate of drug-likeness (QED) is 0.862. The van der Waals surface area contributed by atoms with Crippen molar-refractivity contribution in [2.24, 2.45) is 0 Å². The van der Waals surface area contributed by atoms with E-state index in [4.69, 9.17) is 4.84 Å². The number of amides is 2. The first-order chi connectivity index (χ1) is 10.1. The Morgan fingerprint density at radius 3 is 2.48 bits per heavy atom. The third-order valence-electron chi connectivity index (χ3n) is 2.98. The molecule has 1 N–H and O–H groups in total. The van der Waals surface area contributed by atoms with Gasteiger partial charge in [0.25, 0.3) is 11.8 Å². The normalized spacial score (nSPS) is 11.7. The number of hydrogen-bond acceptors (Lipinski definition) is 4. The summed E-state index contributed by atoms with van der Waals surface area (Å²) >= 11 is 1.33. The number of rotatable bonds is 5. The molecule has 1 aromatic heterocycles. The van der Waals surface area contributed by atoms with Gasteiger partial charge < -0.3 is 5.32 Å². The maximum Gasteiger partial charge on any atom is 0.273 e. The van der Waals surface area contributed by atoms with E-state index < -0.39 is 6.04 Å². The number of nitrogens with one attached hydrogen (secondary N) is 1. The molecule has 1 heterocycles. The highest BCUT2D eigenvalue weighted by Gasteiger charge is 2.26. The minimum atomic E-state index is -0.786. The van der Waals surface area contributed by atoms with Crippen molar-refractivity contribution < 1.29 is 14.4 Å². The Balaban J connectivity index is 2.24. The smallest absolute Gasteiger partial charge is 0.273 e. The molecule has 2 aromatic rings. The van der Waals surface area contributed by atoms with Crippen LogP contribution in [0.3, 0.4) is 0 Å². The first-order valence-electron chi connectivity index (χ1n) is 6.34. The van der Waals surface area contributed by atoms with E-state index in [0.29, 0.717) is 10.4 Å². The van der Waals surface area contributed by atoms with Crippen LogP contribution in [-0.2, 0) is 9.63 Å². The number of carbonyl (C=O) groups excluding carboxylic acids is 2. The van der Waals surface area contributed by atoms with Crippen molar-refractivity contribution in [1.29, 1.82) is 0 Å². The fourth-order valence-corrected chi connectivity index (χ4v) is 2.44. The van der Waals surface area contributed by atoms with Gasteiger partial charge in [-0.2, -0.15) is 0 Å². The van der Waals surface area contributed by atoms with Crippen LogP contribution in [0, 0.1) is 0 Å². The maximum absolute atomic E-state index is 12.4. The molecule has 110 valence electrons. The van der Waals surface area contributed by atoms with E-state index in [-0.39, 0.29) is 11.8 Å². The lowest BCUT2D eigenvalue weighted by Gasteiger charge is -2.22. The van der Waals surface area contributed by atoms with Crippen LogP contribution in [0.25, 0.3) is 0 Å². The lowest BCUT2D eigenvalue weighted by molar-refractivity contribution is -0.171. The van der Waals surface area contributed by atoms with Crippen molar-refractivity contribution in [2.75, 3.05) is 14.2 Å². The molecule has 0 fully saturated rings. The van der Waals surface area contributed by atoms with Gasteiger partial charge in [0.15, 0.2) is 0 Å². The summed E-state index contributed by atoms with van der Waals surface area (Å²) in [4.78, 5) is 30.0. The van der Waals surface area contributed by atoms with Crippen molar-refractivity contribution in [3.8, 4) is 0 Å². The third-order valence-corrected chi connectivity index (χ3v) is 3.85. The largest absolute Gasteiger partial charge is 0.336 e. The van der Waals surface area contributed by atoms with Crippen LogP contribution in [0.5, 0.6) is 0 Å². The van der Waals surface area contributed by atoms with Crippen LogP contribution in [-0.4, -0.2) is 31.0 Å². The summed E-state index contributed by atoms with van der Waals surface area (Å²) in [7, 11) is 2.91. The van der Waals surface area contributed by atoms with E-state index in [0.717, 1.165) is 5.06 Å². The predicted molar refractivity (Wildman–Crippen MR) is 80.7 cm³/mol. The number of carbonyl (C=O) groups is 2. The van der Waals surface area contributed by atoms with Crippen molar-refractivity contribution in [1.82, 2.24) is 10.4 Å². The van der Waals surface area contributed by atoms with E-state index in [1.54, 1.807) is 24.3 Å². The second-order valence-corrected chi connectivity index (χ2v) is 5.26. The van der Waals surface area contributed by atoms with Crippen LogP contribution in [0.4, 0.5) is 0 Å². The Bertz CT molecular complexity index is 599. The van der Waals surface area contributed by atoms with Gasteiger partial charge in [-0.05, 0) is 17.0 Å². The van der Waals surface area contributed by atoms with Crippen LogP contribution in [0.15, 0.2) is 47.8 Å². The average molecular weight is 304 g/mol. The van der Waals surface area contributed by atoms with Crippen molar-refractivity contribution in [2.45, 2.75) is 6.04 Å². The van der Waals surface area contributed by atoms with Crippen LogP contribution >= 0.6 is 11.3 Å². The van der Waals surface area contributed by atoms with Gasteiger partial charge in [-0.25, -0.2) is 5.06 Å². The second kappa shape index (κ2) is 7.01. The molecular formula is C15H16N2O3S. The van der Waals surface area contributed by atoms with Gasteiger partial charge in [-0.1, -0.05) is 36.4 Å². The van der Waals surface area contributed by atoms with Gasteiger partial charge >= 0.3 is 0 Å². The molecule has 0 saturated heterocycles. The Labute approximate surface area is 127 Å². The predicted octanol–water partition coefficient (Wildman–Crippen LogP) is 2.24. The zero-order valence-corrected chi connectivity index (χ0v) is 12.6. The fourth-order valence-electron chi connectivity index (χ4n) is 1.81. The molecule has 1 unspecified atom stereocenters. The van der Waals surface area contributed by atoms with Gasteiger partial charge in [-0.15, -0.1) is 11.3 Å². The number of nitrogens with zero attached hydrogens (tertiary/aromatic N) is 1. The van der Waals surface area contributed by atoms with Crippen LogP contribution < -0.4 is 5.32 Å². The Kier molecular flexibility index (Phi) is 5.08. The highest BCUT2D eigenvalue weighted by atomic mass is 32.1. The Hall–Kier alpha value is -2.18. The molecule has 0 radical (unpaired) electrons. The molecule has 0 bridgehead atoms. The molecule has 1 aromatic carbocycles. The molecule has 6 heteroatoms. The monoisotopic (exact) mass is 304 g/mol. The summed E-state index contributed by atoms with van der Waals surface area (Å²) < 4.78 is 0. The van der Waals surface area contributed by atoms with Crippen molar-refractivity contribution >= 4 is 23.2 Å². The standard InChI is InChI=1S/C15H16N2O3S/c1-17(20-2)15(19)13(11-7-4-3-5-8-11)16-14(18)12-9-6-10-21-12/h3-10,13H,1-2H3,(H,16,18). The zero-order chi connectivity index (χ0) is 15.2. The summed E-state index contributed by atoms with van der Waals surface area (Å²) in [5, 5.41) is 5.67. The maximum atomic E-state index is 12.4. The lowest BCUT2D eigenvalue weighted by atomic mass is 10.1. The molecular weight excluding hydrogens is 288 g/mol.